The van der Waals surface area contributed by atoms with Crippen LogP contribution < -0.4 is 10.6 Å². The molecule has 1 aliphatic rings. The molecule has 0 saturated carbocycles. The van der Waals surface area contributed by atoms with Crippen LogP contribution >= 0.6 is 24.0 Å². The Labute approximate surface area is 188 Å². The number of rotatable bonds is 10. The van der Waals surface area contributed by atoms with Gasteiger partial charge in [-0.05, 0) is 31.0 Å². The number of halogens is 1. The zero-order chi connectivity index (χ0) is 19.3. The lowest BCUT2D eigenvalue weighted by atomic mass is 10.1. The van der Waals surface area contributed by atoms with Gasteiger partial charge in [0.05, 0.1) is 0 Å². The first-order valence-electron chi connectivity index (χ1n) is 10.3. The van der Waals surface area contributed by atoms with Crippen LogP contribution in [0.15, 0.2) is 29.3 Å². The van der Waals surface area contributed by atoms with E-state index in [2.05, 4.69) is 56.6 Å². The van der Waals surface area contributed by atoms with Crippen molar-refractivity contribution in [1.29, 1.82) is 0 Å². The van der Waals surface area contributed by atoms with Crippen molar-refractivity contribution >= 4 is 29.9 Å². The summed E-state index contributed by atoms with van der Waals surface area (Å²) in [5, 5.41) is 6.80. The predicted octanol–water partition coefficient (Wildman–Crippen LogP) is 2.53. The Morgan fingerprint density at radius 2 is 1.71 bits per heavy atom. The van der Waals surface area contributed by atoms with Crippen molar-refractivity contribution in [3.63, 3.8) is 0 Å². The van der Waals surface area contributed by atoms with Crippen molar-refractivity contribution in [3.05, 3.63) is 35.4 Å². The lowest BCUT2D eigenvalue weighted by Crippen LogP contribution is -2.45. The van der Waals surface area contributed by atoms with Crippen LogP contribution in [0.2, 0.25) is 0 Å². The van der Waals surface area contributed by atoms with Gasteiger partial charge >= 0.3 is 0 Å². The number of nitrogens with one attached hydrogen (secondary N) is 2. The molecule has 0 unspecified atom stereocenters. The third-order valence-corrected chi connectivity index (χ3v) is 5.06. The van der Waals surface area contributed by atoms with Gasteiger partial charge in [0.2, 0.25) is 0 Å². The second-order valence-corrected chi connectivity index (χ2v) is 6.88. The first kappa shape index (κ1) is 25.1. The Bertz CT molecular complexity index is 561. The van der Waals surface area contributed by atoms with E-state index in [9.17, 15) is 0 Å². The van der Waals surface area contributed by atoms with E-state index in [1.807, 2.05) is 14.0 Å². The highest BCUT2D eigenvalue weighted by Gasteiger charge is 2.16. The molecule has 2 rings (SSSR count). The third-order valence-electron chi connectivity index (χ3n) is 5.06. The van der Waals surface area contributed by atoms with Crippen molar-refractivity contribution in [3.8, 4) is 0 Å². The number of piperazine rings is 1. The zero-order valence-corrected chi connectivity index (χ0v) is 20.1. The Balaban J connectivity index is 0.00000392. The van der Waals surface area contributed by atoms with Gasteiger partial charge in [-0.1, -0.05) is 31.2 Å². The average molecular weight is 503 g/mol. The fourth-order valence-corrected chi connectivity index (χ4v) is 3.31. The van der Waals surface area contributed by atoms with Crippen molar-refractivity contribution in [2.24, 2.45) is 4.99 Å². The van der Waals surface area contributed by atoms with E-state index >= 15 is 0 Å². The van der Waals surface area contributed by atoms with Crippen molar-refractivity contribution in [1.82, 2.24) is 20.4 Å². The smallest absolute Gasteiger partial charge is 0.191 e. The van der Waals surface area contributed by atoms with Crippen molar-refractivity contribution in [2.45, 2.75) is 33.4 Å². The summed E-state index contributed by atoms with van der Waals surface area (Å²) < 4.78 is 5.37. The number of nitrogens with zero attached hydrogens (tertiary/aromatic N) is 3. The second-order valence-electron chi connectivity index (χ2n) is 6.88. The fourth-order valence-electron chi connectivity index (χ4n) is 3.31. The molecule has 0 aromatic heterocycles. The molecule has 160 valence electrons. The average Bonchev–Trinajstić information content (AvgIpc) is 2.71. The maximum absolute atomic E-state index is 5.37. The number of hydrogen-bond acceptors (Lipinski definition) is 4. The molecule has 6 nitrogen and oxygen atoms in total. The fraction of sp³-hybridized carbons (Fsp3) is 0.667. The highest BCUT2D eigenvalue weighted by Crippen LogP contribution is 2.13. The van der Waals surface area contributed by atoms with Gasteiger partial charge in [0.1, 0.15) is 0 Å². The van der Waals surface area contributed by atoms with Gasteiger partial charge in [-0.15, -0.1) is 24.0 Å². The second kappa shape index (κ2) is 15.0. The number of guanidine groups is 1. The van der Waals surface area contributed by atoms with Crippen LogP contribution in [0, 0.1) is 0 Å². The molecule has 1 aromatic rings. The van der Waals surface area contributed by atoms with Crippen LogP contribution in [0.25, 0.3) is 0 Å². The molecule has 0 spiro atoms. The van der Waals surface area contributed by atoms with Crippen LogP contribution in [-0.2, 0) is 17.8 Å². The first-order valence-corrected chi connectivity index (χ1v) is 10.3. The molecule has 1 fully saturated rings. The molecule has 0 radical (unpaired) electrons. The SMILES string of the molecule is CCOCCCNC(=NC)NCc1ccccc1CN1CCN(CC)CC1.I. The van der Waals surface area contributed by atoms with Crippen LogP contribution in [-0.4, -0.2) is 75.3 Å². The Hall–Kier alpha value is -0.900. The van der Waals surface area contributed by atoms with E-state index in [0.717, 1.165) is 64.9 Å². The largest absolute Gasteiger partial charge is 0.382 e. The molecule has 0 aliphatic carbocycles. The molecule has 7 heteroatoms. The summed E-state index contributed by atoms with van der Waals surface area (Å²) in [5.74, 6) is 0.845. The van der Waals surface area contributed by atoms with Gasteiger partial charge in [-0.3, -0.25) is 9.89 Å². The van der Waals surface area contributed by atoms with Gasteiger partial charge in [0.25, 0.3) is 0 Å². The number of hydrogen-bond donors (Lipinski definition) is 2. The molecule has 1 heterocycles. The lowest BCUT2D eigenvalue weighted by molar-refractivity contribution is 0.131. The van der Waals surface area contributed by atoms with Crippen LogP contribution in [0.5, 0.6) is 0 Å². The maximum Gasteiger partial charge on any atom is 0.191 e. The van der Waals surface area contributed by atoms with Gasteiger partial charge < -0.3 is 20.3 Å². The van der Waals surface area contributed by atoms with Gasteiger partial charge in [0, 0.05) is 66.1 Å². The van der Waals surface area contributed by atoms with Crippen molar-refractivity contribution in [2.75, 3.05) is 59.5 Å². The highest BCUT2D eigenvalue weighted by atomic mass is 127. The predicted molar refractivity (Wildman–Crippen MR) is 129 cm³/mol. The molecule has 0 amide bonds. The summed E-state index contributed by atoms with van der Waals surface area (Å²) in [7, 11) is 1.82. The minimum atomic E-state index is 0. The van der Waals surface area contributed by atoms with Crippen molar-refractivity contribution < 1.29 is 4.74 Å². The number of likely N-dealkylation sites (N-methyl/N-ethyl adjacent to an activating group) is 1. The number of ether oxygens (including phenoxy) is 1. The van der Waals surface area contributed by atoms with E-state index in [0.29, 0.717) is 0 Å². The van der Waals surface area contributed by atoms with Crippen LogP contribution in [0.3, 0.4) is 0 Å². The topological polar surface area (TPSA) is 52.1 Å². The molecule has 0 atom stereocenters. The summed E-state index contributed by atoms with van der Waals surface area (Å²) in [5.41, 5.74) is 2.74. The first-order chi connectivity index (χ1) is 13.3. The van der Waals surface area contributed by atoms with E-state index < -0.39 is 0 Å². The Kier molecular flexibility index (Phi) is 13.5. The third kappa shape index (κ3) is 9.07. The summed E-state index contributed by atoms with van der Waals surface area (Å²) >= 11 is 0. The summed E-state index contributed by atoms with van der Waals surface area (Å²) in [6.45, 7) is 14.3. The summed E-state index contributed by atoms with van der Waals surface area (Å²) in [6, 6.07) is 8.73. The quantitative estimate of drug-likeness (QED) is 0.223. The maximum atomic E-state index is 5.37. The molecule has 1 aromatic carbocycles. The van der Waals surface area contributed by atoms with E-state index in [4.69, 9.17) is 4.74 Å². The van der Waals surface area contributed by atoms with Gasteiger partial charge in [0.15, 0.2) is 5.96 Å². The minimum Gasteiger partial charge on any atom is -0.382 e. The van der Waals surface area contributed by atoms with E-state index in [-0.39, 0.29) is 24.0 Å². The van der Waals surface area contributed by atoms with Crippen LogP contribution in [0.4, 0.5) is 0 Å². The molecular weight excluding hydrogens is 465 g/mol. The lowest BCUT2D eigenvalue weighted by Gasteiger charge is -2.34. The Morgan fingerprint density at radius 1 is 1.04 bits per heavy atom. The molecular formula is C21H38IN5O. The Morgan fingerprint density at radius 3 is 2.36 bits per heavy atom. The molecule has 28 heavy (non-hydrogen) atoms. The molecule has 1 saturated heterocycles. The normalized spacial score (nSPS) is 15.9. The number of aliphatic imine (C=N–C) groups is 1. The van der Waals surface area contributed by atoms with E-state index in [1.165, 1.54) is 24.2 Å². The molecule has 2 N–H and O–H groups in total. The molecule has 0 bridgehead atoms. The summed E-state index contributed by atoms with van der Waals surface area (Å²) in [4.78, 5) is 9.40. The molecule has 1 aliphatic heterocycles. The van der Waals surface area contributed by atoms with Crippen LogP contribution in [0.1, 0.15) is 31.4 Å². The minimum absolute atomic E-state index is 0. The zero-order valence-electron chi connectivity index (χ0n) is 17.7. The monoisotopic (exact) mass is 503 g/mol. The van der Waals surface area contributed by atoms with E-state index in [1.54, 1.807) is 0 Å². The van der Waals surface area contributed by atoms with Gasteiger partial charge in [-0.2, -0.15) is 0 Å². The van der Waals surface area contributed by atoms with Gasteiger partial charge in [-0.25, -0.2) is 0 Å². The highest BCUT2D eigenvalue weighted by molar-refractivity contribution is 14.0. The standard InChI is InChI=1S/C21H37N5O.HI/c1-4-25-12-14-26(15-13-25)18-20-10-7-6-9-19(20)17-24-21(22-3)23-11-8-16-27-5-2;/h6-7,9-10H,4-5,8,11-18H2,1-3H3,(H2,22,23,24);1H. The number of benzene rings is 1. The summed E-state index contributed by atoms with van der Waals surface area (Å²) in [6.07, 6.45) is 0.981.